The molecule has 0 fully saturated rings. The molecule has 5 heteroatoms. The summed E-state index contributed by atoms with van der Waals surface area (Å²) < 4.78 is 18.0. The number of aliphatic hydroxyl groups excluding tert-OH is 1. The van der Waals surface area contributed by atoms with Gasteiger partial charge in [0.05, 0.1) is 19.1 Å². The molecule has 0 saturated carbocycles. The normalized spacial score (nSPS) is 14.2. The van der Waals surface area contributed by atoms with E-state index in [-0.39, 0.29) is 12.0 Å². The third-order valence-electron chi connectivity index (χ3n) is 2.50. The van der Waals surface area contributed by atoms with E-state index in [1.165, 1.54) is 25.3 Å². The summed E-state index contributed by atoms with van der Waals surface area (Å²) in [6, 6.07) is 3.94. The number of benzene rings is 1. The minimum absolute atomic E-state index is 0.0872. The number of aliphatic hydroxyl groups is 1. The average molecular weight is 261 g/mol. The van der Waals surface area contributed by atoms with Crippen molar-refractivity contribution in [1.29, 1.82) is 0 Å². The first kappa shape index (κ1) is 13.9. The molecular formula is C12H14ClFO3. The summed E-state index contributed by atoms with van der Waals surface area (Å²) in [7, 11) is 1.27. The monoisotopic (exact) mass is 260 g/mol. The zero-order valence-corrected chi connectivity index (χ0v) is 10.4. The highest BCUT2D eigenvalue weighted by Crippen LogP contribution is 2.26. The maximum Gasteiger partial charge on any atom is 0.308 e. The van der Waals surface area contributed by atoms with E-state index in [4.69, 9.17) is 11.6 Å². The number of esters is 1. The molecule has 0 saturated heterocycles. The lowest BCUT2D eigenvalue weighted by Crippen LogP contribution is -2.16. The van der Waals surface area contributed by atoms with E-state index < -0.39 is 23.8 Å². The van der Waals surface area contributed by atoms with Crippen molar-refractivity contribution in [3.05, 3.63) is 34.6 Å². The zero-order chi connectivity index (χ0) is 13.0. The smallest absolute Gasteiger partial charge is 0.308 e. The van der Waals surface area contributed by atoms with Gasteiger partial charge in [-0.05, 0) is 24.6 Å². The van der Waals surface area contributed by atoms with Crippen molar-refractivity contribution < 1.29 is 19.0 Å². The van der Waals surface area contributed by atoms with Gasteiger partial charge in [-0.1, -0.05) is 18.5 Å². The Kier molecular flexibility index (Phi) is 4.90. The van der Waals surface area contributed by atoms with Crippen LogP contribution in [0.25, 0.3) is 0 Å². The van der Waals surface area contributed by atoms with Crippen LogP contribution in [0.4, 0.5) is 4.39 Å². The van der Waals surface area contributed by atoms with Crippen LogP contribution in [-0.2, 0) is 9.53 Å². The molecule has 0 bridgehead atoms. The summed E-state index contributed by atoms with van der Waals surface area (Å²) in [6.45, 7) is 1.61. The van der Waals surface area contributed by atoms with Crippen LogP contribution in [-0.4, -0.2) is 18.2 Å². The predicted molar refractivity (Wildman–Crippen MR) is 62.2 cm³/mol. The lowest BCUT2D eigenvalue weighted by molar-refractivity contribution is -0.145. The molecule has 0 aliphatic rings. The summed E-state index contributed by atoms with van der Waals surface area (Å²) in [5, 5.41) is 10.2. The van der Waals surface area contributed by atoms with Crippen molar-refractivity contribution in [3.8, 4) is 0 Å². The highest BCUT2D eigenvalue weighted by Gasteiger charge is 2.21. The fourth-order valence-corrected chi connectivity index (χ4v) is 1.71. The van der Waals surface area contributed by atoms with Crippen LogP contribution in [0.5, 0.6) is 0 Å². The highest BCUT2D eigenvalue weighted by atomic mass is 35.5. The van der Waals surface area contributed by atoms with Gasteiger partial charge in [0.2, 0.25) is 0 Å². The Morgan fingerprint density at radius 2 is 2.24 bits per heavy atom. The maximum atomic E-state index is 13.4. The summed E-state index contributed by atoms with van der Waals surface area (Å²) in [5.74, 6) is -1.49. The van der Waals surface area contributed by atoms with Crippen molar-refractivity contribution >= 4 is 17.6 Å². The van der Waals surface area contributed by atoms with Crippen LogP contribution in [0.15, 0.2) is 18.2 Å². The van der Waals surface area contributed by atoms with Crippen molar-refractivity contribution in [2.24, 2.45) is 5.92 Å². The lowest BCUT2D eigenvalue weighted by Gasteiger charge is -2.15. The van der Waals surface area contributed by atoms with E-state index in [0.29, 0.717) is 5.02 Å². The van der Waals surface area contributed by atoms with Crippen LogP contribution < -0.4 is 0 Å². The van der Waals surface area contributed by atoms with Crippen LogP contribution in [0.3, 0.4) is 0 Å². The quantitative estimate of drug-likeness (QED) is 0.847. The number of hydrogen-bond acceptors (Lipinski definition) is 3. The van der Waals surface area contributed by atoms with Gasteiger partial charge in [-0.3, -0.25) is 4.79 Å². The van der Waals surface area contributed by atoms with Gasteiger partial charge in [-0.2, -0.15) is 0 Å². The van der Waals surface area contributed by atoms with E-state index in [0.717, 1.165) is 0 Å². The molecule has 94 valence electrons. The lowest BCUT2D eigenvalue weighted by atomic mass is 9.98. The Morgan fingerprint density at radius 1 is 1.59 bits per heavy atom. The highest BCUT2D eigenvalue weighted by molar-refractivity contribution is 6.30. The Labute approximate surface area is 104 Å². The Morgan fingerprint density at radius 3 is 2.82 bits per heavy atom. The van der Waals surface area contributed by atoms with Gasteiger partial charge in [0, 0.05) is 10.6 Å². The molecule has 0 amide bonds. The summed E-state index contributed by atoms with van der Waals surface area (Å²) in [4.78, 5) is 11.2. The second-order valence-electron chi connectivity index (χ2n) is 3.84. The molecule has 0 aliphatic heterocycles. The van der Waals surface area contributed by atoms with E-state index in [1.54, 1.807) is 6.92 Å². The van der Waals surface area contributed by atoms with Crippen molar-refractivity contribution in [2.75, 3.05) is 7.11 Å². The number of halogens is 2. The largest absolute Gasteiger partial charge is 0.469 e. The standard InChI is InChI=1S/C12H14ClFO3/c1-7(12(16)17-2)5-11(15)9-6-8(13)3-4-10(9)14/h3-4,6-7,11,15H,5H2,1-2H3. The second kappa shape index (κ2) is 5.98. The predicted octanol–water partition coefficient (Wildman–Crippen LogP) is 2.71. The molecule has 1 aromatic carbocycles. The van der Waals surface area contributed by atoms with Gasteiger partial charge >= 0.3 is 5.97 Å². The minimum Gasteiger partial charge on any atom is -0.469 e. The molecule has 2 atom stereocenters. The first-order valence-corrected chi connectivity index (χ1v) is 5.54. The third kappa shape index (κ3) is 3.68. The Bertz CT molecular complexity index is 409. The van der Waals surface area contributed by atoms with Crippen LogP contribution in [0.1, 0.15) is 25.0 Å². The molecule has 1 N–H and O–H groups in total. The summed E-state index contributed by atoms with van der Waals surface area (Å²) in [6.07, 6.45) is -0.994. The average Bonchev–Trinajstić information content (AvgIpc) is 2.30. The van der Waals surface area contributed by atoms with Crippen LogP contribution in [0, 0.1) is 11.7 Å². The van der Waals surface area contributed by atoms with Crippen LogP contribution in [0.2, 0.25) is 5.02 Å². The van der Waals surface area contributed by atoms with Crippen LogP contribution >= 0.6 is 11.6 Å². The number of carbonyl (C=O) groups excluding carboxylic acids is 1. The molecule has 0 aliphatic carbocycles. The number of hydrogen-bond donors (Lipinski definition) is 1. The first-order chi connectivity index (χ1) is 7.95. The number of carbonyl (C=O) groups is 1. The molecule has 1 aromatic rings. The van der Waals surface area contributed by atoms with Crippen molar-refractivity contribution in [3.63, 3.8) is 0 Å². The van der Waals surface area contributed by atoms with E-state index in [2.05, 4.69) is 4.74 Å². The topological polar surface area (TPSA) is 46.5 Å². The number of rotatable bonds is 4. The minimum atomic E-state index is -1.08. The van der Waals surface area contributed by atoms with Gasteiger partial charge in [-0.25, -0.2) is 4.39 Å². The fourth-order valence-electron chi connectivity index (χ4n) is 1.53. The van der Waals surface area contributed by atoms with E-state index >= 15 is 0 Å². The first-order valence-electron chi connectivity index (χ1n) is 5.16. The van der Waals surface area contributed by atoms with Gasteiger partial charge < -0.3 is 9.84 Å². The number of ether oxygens (including phenoxy) is 1. The molecule has 0 aromatic heterocycles. The fraction of sp³-hybridized carbons (Fsp3) is 0.417. The van der Waals surface area contributed by atoms with E-state index in [1.807, 2.05) is 0 Å². The molecule has 3 nitrogen and oxygen atoms in total. The van der Waals surface area contributed by atoms with Gasteiger partial charge in [0.25, 0.3) is 0 Å². The zero-order valence-electron chi connectivity index (χ0n) is 9.61. The summed E-state index contributed by atoms with van der Waals surface area (Å²) in [5.41, 5.74) is 0.0910. The Hall–Kier alpha value is -1.13. The molecule has 0 heterocycles. The van der Waals surface area contributed by atoms with Crippen molar-refractivity contribution in [2.45, 2.75) is 19.4 Å². The molecule has 0 spiro atoms. The molecule has 2 unspecified atom stereocenters. The molecular weight excluding hydrogens is 247 g/mol. The summed E-state index contributed by atoms with van der Waals surface area (Å²) >= 11 is 5.72. The molecule has 17 heavy (non-hydrogen) atoms. The maximum absolute atomic E-state index is 13.4. The van der Waals surface area contributed by atoms with E-state index in [9.17, 15) is 14.3 Å². The van der Waals surface area contributed by atoms with Gasteiger partial charge in [-0.15, -0.1) is 0 Å². The molecule has 0 radical (unpaired) electrons. The molecule has 1 rings (SSSR count). The SMILES string of the molecule is COC(=O)C(C)CC(O)c1cc(Cl)ccc1F. The third-order valence-corrected chi connectivity index (χ3v) is 2.73. The number of methoxy groups -OCH3 is 1. The Balaban J connectivity index is 2.79. The van der Waals surface area contributed by atoms with Gasteiger partial charge in [0.1, 0.15) is 5.82 Å². The second-order valence-corrected chi connectivity index (χ2v) is 4.28. The van der Waals surface area contributed by atoms with Gasteiger partial charge in [0.15, 0.2) is 0 Å². The van der Waals surface area contributed by atoms with Crippen molar-refractivity contribution in [1.82, 2.24) is 0 Å².